The lowest BCUT2D eigenvalue weighted by atomic mass is 9.93. The van der Waals surface area contributed by atoms with Crippen molar-refractivity contribution in [2.75, 3.05) is 0 Å². The van der Waals surface area contributed by atoms with Gasteiger partial charge in [0.15, 0.2) is 0 Å². The normalized spacial score (nSPS) is 21.4. The fourth-order valence-corrected chi connectivity index (χ4v) is 2.68. The highest BCUT2D eigenvalue weighted by atomic mass is 19.4. The number of alkyl halides is 3. The Morgan fingerprint density at radius 2 is 1.68 bits per heavy atom. The van der Waals surface area contributed by atoms with Crippen molar-refractivity contribution in [1.82, 2.24) is 5.32 Å². The fraction of sp³-hybridized carbons (Fsp3) is 0.929. The van der Waals surface area contributed by atoms with Crippen LogP contribution in [0.25, 0.3) is 0 Å². The Kier molecular flexibility index (Phi) is 6.12. The van der Waals surface area contributed by atoms with E-state index in [0.717, 1.165) is 25.7 Å². The van der Waals surface area contributed by atoms with Crippen LogP contribution in [0.2, 0.25) is 0 Å². The molecule has 110 valence electrons. The highest BCUT2D eigenvalue weighted by molar-refractivity contribution is 5.05. The van der Waals surface area contributed by atoms with E-state index in [-0.39, 0.29) is 18.9 Å². The lowest BCUT2D eigenvalue weighted by Gasteiger charge is -2.29. The van der Waals surface area contributed by atoms with Crippen LogP contribution >= 0.6 is 0 Å². The number of nitrogens with zero attached hydrogens (tertiary/aromatic N) is 1. The van der Waals surface area contributed by atoms with Crippen molar-refractivity contribution in [3.05, 3.63) is 0 Å². The molecule has 0 bridgehead atoms. The number of hydrogen-bond donors (Lipinski definition) is 1. The third-order valence-electron chi connectivity index (χ3n) is 3.76. The van der Waals surface area contributed by atoms with E-state index in [1.54, 1.807) is 6.92 Å². The van der Waals surface area contributed by atoms with Crippen LogP contribution in [0.4, 0.5) is 13.2 Å². The zero-order chi connectivity index (χ0) is 14.4. The maximum absolute atomic E-state index is 12.1. The molecule has 0 amide bonds. The van der Waals surface area contributed by atoms with Gasteiger partial charge in [-0.3, -0.25) is 5.32 Å². The highest BCUT2D eigenvalue weighted by Gasteiger charge is 2.31. The molecular formula is C14H23F3N2. The molecule has 0 heterocycles. The third-order valence-corrected chi connectivity index (χ3v) is 3.76. The van der Waals surface area contributed by atoms with Gasteiger partial charge >= 0.3 is 6.18 Å². The molecule has 1 atom stereocenters. The minimum atomic E-state index is -4.13. The molecule has 0 aromatic carbocycles. The Balaban J connectivity index is 2.43. The lowest BCUT2D eigenvalue weighted by molar-refractivity contribution is -0.136. The van der Waals surface area contributed by atoms with Crippen LogP contribution in [0.1, 0.15) is 64.7 Å². The molecule has 0 spiro atoms. The molecule has 1 rings (SSSR count). The quantitative estimate of drug-likeness (QED) is 0.759. The first kappa shape index (κ1) is 16.3. The Bertz CT molecular complexity index is 301. The first-order valence-corrected chi connectivity index (χ1v) is 7.10. The van der Waals surface area contributed by atoms with E-state index < -0.39 is 18.1 Å². The lowest BCUT2D eigenvalue weighted by Crippen LogP contribution is -2.47. The summed E-state index contributed by atoms with van der Waals surface area (Å²) in [4.78, 5) is 0. The number of halogens is 3. The maximum atomic E-state index is 12.1. The topological polar surface area (TPSA) is 35.8 Å². The van der Waals surface area contributed by atoms with E-state index in [4.69, 9.17) is 0 Å². The second-order valence-corrected chi connectivity index (χ2v) is 5.75. The van der Waals surface area contributed by atoms with Crippen LogP contribution in [0, 0.1) is 11.3 Å². The van der Waals surface area contributed by atoms with Crippen molar-refractivity contribution in [3.8, 4) is 6.07 Å². The first-order valence-electron chi connectivity index (χ1n) is 7.10. The minimum Gasteiger partial charge on any atom is -0.297 e. The van der Waals surface area contributed by atoms with Crippen molar-refractivity contribution >= 4 is 0 Å². The predicted molar refractivity (Wildman–Crippen MR) is 68.5 cm³/mol. The molecule has 0 radical (unpaired) electrons. The van der Waals surface area contributed by atoms with Crippen molar-refractivity contribution < 1.29 is 13.2 Å². The van der Waals surface area contributed by atoms with Crippen LogP contribution in [0.3, 0.4) is 0 Å². The van der Waals surface area contributed by atoms with Crippen molar-refractivity contribution in [1.29, 1.82) is 5.26 Å². The summed E-state index contributed by atoms with van der Waals surface area (Å²) in [5.41, 5.74) is -0.833. The van der Waals surface area contributed by atoms with Gasteiger partial charge in [0, 0.05) is 12.5 Å². The van der Waals surface area contributed by atoms with Gasteiger partial charge in [0.2, 0.25) is 0 Å². The molecule has 1 aliphatic rings. The van der Waals surface area contributed by atoms with E-state index in [1.165, 1.54) is 12.8 Å². The molecule has 1 aliphatic carbocycles. The van der Waals surface area contributed by atoms with E-state index in [2.05, 4.69) is 11.4 Å². The Morgan fingerprint density at radius 3 is 2.16 bits per heavy atom. The van der Waals surface area contributed by atoms with Crippen LogP contribution < -0.4 is 5.32 Å². The van der Waals surface area contributed by atoms with E-state index >= 15 is 0 Å². The fourth-order valence-electron chi connectivity index (χ4n) is 2.68. The minimum absolute atomic E-state index is 0.00722. The Labute approximate surface area is 113 Å². The van der Waals surface area contributed by atoms with Crippen molar-refractivity contribution in [3.63, 3.8) is 0 Å². The van der Waals surface area contributed by atoms with Gasteiger partial charge in [0.05, 0.1) is 6.07 Å². The summed E-state index contributed by atoms with van der Waals surface area (Å²) in [5.74, 6) is 0. The van der Waals surface area contributed by atoms with Gasteiger partial charge < -0.3 is 0 Å². The summed E-state index contributed by atoms with van der Waals surface area (Å²) >= 11 is 0. The molecule has 0 aromatic heterocycles. The zero-order valence-corrected chi connectivity index (χ0v) is 11.5. The smallest absolute Gasteiger partial charge is 0.297 e. The van der Waals surface area contributed by atoms with Crippen LogP contribution in [0.15, 0.2) is 0 Å². The molecule has 2 nitrogen and oxygen atoms in total. The van der Waals surface area contributed by atoms with Gasteiger partial charge in [-0.1, -0.05) is 25.7 Å². The average Bonchev–Trinajstić information content (AvgIpc) is 2.56. The van der Waals surface area contributed by atoms with Gasteiger partial charge in [0.1, 0.15) is 5.54 Å². The second-order valence-electron chi connectivity index (χ2n) is 5.75. The largest absolute Gasteiger partial charge is 0.389 e. The molecule has 0 aromatic rings. The maximum Gasteiger partial charge on any atom is 0.389 e. The van der Waals surface area contributed by atoms with Gasteiger partial charge in [-0.25, -0.2) is 0 Å². The van der Waals surface area contributed by atoms with Crippen LogP contribution in [-0.2, 0) is 0 Å². The van der Waals surface area contributed by atoms with Crippen LogP contribution in [0.5, 0.6) is 0 Å². The monoisotopic (exact) mass is 276 g/mol. The number of nitrogens with one attached hydrogen (secondary N) is 1. The van der Waals surface area contributed by atoms with Crippen molar-refractivity contribution in [2.24, 2.45) is 0 Å². The molecule has 5 heteroatoms. The molecule has 19 heavy (non-hydrogen) atoms. The van der Waals surface area contributed by atoms with Gasteiger partial charge in [-0.05, 0) is 32.6 Å². The van der Waals surface area contributed by atoms with E-state index in [0.29, 0.717) is 0 Å². The molecule has 1 fully saturated rings. The molecule has 1 unspecified atom stereocenters. The molecule has 0 aliphatic heterocycles. The van der Waals surface area contributed by atoms with Gasteiger partial charge in [-0.2, -0.15) is 18.4 Å². The predicted octanol–water partition coefficient (Wildman–Crippen LogP) is 4.31. The standard InChI is InChI=1S/C14H23F3N2/c1-13(11-18,9-6-10-14(15,16)17)19-12-7-4-2-3-5-8-12/h12,19H,2-10H2,1H3. The molecule has 1 N–H and O–H groups in total. The molecule has 0 saturated heterocycles. The summed E-state index contributed by atoms with van der Waals surface area (Å²) < 4.78 is 36.4. The second kappa shape index (κ2) is 7.14. The summed E-state index contributed by atoms with van der Waals surface area (Å²) in [7, 11) is 0. The number of rotatable bonds is 5. The van der Waals surface area contributed by atoms with Crippen LogP contribution in [-0.4, -0.2) is 17.8 Å². The number of nitriles is 1. The molecule has 1 saturated carbocycles. The number of hydrogen-bond acceptors (Lipinski definition) is 2. The van der Waals surface area contributed by atoms with E-state index in [9.17, 15) is 18.4 Å². The summed E-state index contributed by atoms with van der Waals surface area (Å²) in [6.07, 6.45) is 2.09. The Hall–Kier alpha value is -0.760. The summed E-state index contributed by atoms with van der Waals surface area (Å²) in [6, 6.07) is 2.43. The zero-order valence-electron chi connectivity index (χ0n) is 11.5. The third kappa shape index (κ3) is 6.81. The summed E-state index contributed by atoms with van der Waals surface area (Å²) in [6.45, 7) is 1.72. The summed E-state index contributed by atoms with van der Waals surface area (Å²) in [5, 5.41) is 12.5. The van der Waals surface area contributed by atoms with Gasteiger partial charge in [0.25, 0.3) is 0 Å². The average molecular weight is 276 g/mol. The SMILES string of the molecule is CC(C#N)(CCCC(F)(F)F)NC1CCCCCC1. The van der Waals surface area contributed by atoms with Gasteiger partial charge in [-0.15, -0.1) is 0 Å². The highest BCUT2D eigenvalue weighted by Crippen LogP contribution is 2.26. The van der Waals surface area contributed by atoms with E-state index in [1.807, 2.05) is 0 Å². The first-order chi connectivity index (χ1) is 8.85. The Morgan fingerprint density at radius 1 is 1.11 bits per heavy atom. The molecular weight excluding hydrogens is 253 g/mol. The van der Waals surface area contributed by atoms with Crippen molar-refractivity contribution in [2.45, 2.75) is 82.5 Å².